The van der Waals surface area contributed by atoms with Crippen LogP contribution < -0.4 is 10.5 Å². The van der Waals surface area contributed by atoms with E-state index in [1.807, 2.05) is 23.5 Å². The van der Waals surface area contributed by atoms with Gasteiger partial charge in [0, 0.05) is 28.6 Å². The van der Waals surface area contributed by atoms with E-state index in [0.29, 0.717) is 11.7 Å². The van der Waals surface area contributed by atoms with Gasteiger partial charge in [0.15, 0.2) is 0 Å². The summed E-state index contributed by atoms with van der Waals surface area (Å²) in [6, 6.07) is 5.97. The van der Waals surface area contributed by atoms with Crippen molar-refractivity contribution in [1.82, 2.24) is 0 Å². The fraction of sp³-hybridized carbons (Fsp3) is 0.538. The summed E-state index contributed by atoms with van der Waals surface area (Å²) in [7, 11) is 0. The summed E-state index contributed by atoms with van der Waals surface area (Å²) in [4.78, 5) is 0. The largest absolute Gasteiger partial charge is 0.573 e. The van der Waals surface area contributed by atoms with E-state index in [2.05, 4.69) is 4.74 Å². The van der Waals surface area contributed by atoms with E-state index < -0.39 is 6.36 Å². The van der Waals surface area contributed by atoms with E-state index in [1.54, 1.807) is 12.1 Å². The average molecular weight is 323 g/mol. The van der Waals surface area contributed by atoms with Gasteiger partial charge in [0.05, 0.1) is 0 Å². The van der Waals surface area contributed by atoms with E-state index in [9.17, 15) is 13.2 Å². The van der Waals surface area contributed by atoms with Crippen molar-refractivity contribution in [1.29, 1.82) is 0 Å². The quantitative estimate of drug-likeness (QED) is 0.922. The molecular formula is C13H16F3NOS2. The summed E-state index contributed by atoms with van der Waals surface area (Å²) in [5, 5.41) is 0.417. The van der Waals surface area contributed by atoms with Gasteiger partial charge < -0.3 is 10.5 Å². The molecule has 2 nitrogen and oxygen atoms in total. The van der Waals surface area contributed by atoms with Gasteiger partial charge in [-0.05, 0) is 24.1 Å². The zero-order valence-electron chi connectivity index (χ0n) is 10.7. The normalized spacial score (nSPS) is 21.5. The van der Waals surface area contributed by atoms with E-state index in [4.69, 9.17) is 5.73 Å². The minimum absolute atomic E-state index is 0.0298. The molecule has 0 radical (unpaired) electrons. The molecule has 1 saturated heterocycles. The van der Waals surface area contributed by atoms with Gasteiger partial charge in [0.25, 0.3) is 0 Å². The van der Waals surface area contributed by atoms with Gasteiger partial charge in [-0.3, -0.25) is 0 Å². The lowest BCUT2D eigenvalue weighted by Gasteiger charge is -2.26. The lowest BCUT2D eigenvalue weighted by Crippen LogP contribution is -2.38. The van der Waals surface area contributed by atoms with Crippen molar-refractivity contribution in [2.24, 2.45) is 5.73 Å². The van der Waals surface area contributed by atoms with E-state index in [1.165, 1.54) is 12.1 Å². The zero-order valence-corrected chi connectivity index (χ0v) is 12.4. The zero-order chi connectivity index (χ0) is 14.6. The molecule has 2 rings (SSSR count). The maximum atomic E-state index is 12.0. The number of halogens is 3. The Morgan fingerprint density at radius 1 is 1.25 bits per heavy atom. The predicted octanol–water partition coefficient (Wildman–Crippen LogP) is 3.30. The van der Waals surface area contributed by atoms with Crippen molar-refractivity contribution in [3.63, 3.8) is 0 Å². The minimum Gasteiger partial charge on any atom is -0.406 e. The van der Waals surface area contributed by atoms with Gasteiger partial charge in [-0.25, -0.2) is 0 Å². The molecule has 2 unspecified atom stereocenters. The molecule has 1 aliphatic heterocycles. The third-order valence-corrected chi connectivity index (χ3v) is 5.89. The summed E-state index contributed by atoms with van der Waals surface area (Å²) in [5.74, 6) is 3.12. The number of alkyl halides is 3. The topological polar surface area (TPSA) is 35.2 Å². The molecule has 20 heavy (non-hydrogen) atoms. The second-order valence-electron chi connectivity index (χ2n) is 4.54. The van der Waals surface area contributed by atoms with Crippen molar-refractivity contribution < 1.29 is 17.9 Å². The number of hydrogen-bond donors (Lipinski definition) is 1. The molecule has 2 atom stereocenters. The second-order valence-corrected chi connectivity index (χ2v) is 7.04. The first-order valence-corrected chi connectivity index (χ1v) is 8.44. The van der Waals surface area contributed by atoms with Crippen molar-refractivity contribution in [2.45, 2.75) is 24.1 Å². The highest BCUT2D eigenvalue weighted by Gasteiger charge is 2.31. The van der Waals surface area contributed by atoms with Crippen LogP contribution in [0.2, 0.25) is 0 Å². The van der Waals surface area contributed by atoms with Crippen LogP contribution in [0.1, 0.15) is 5.56 Å². The monoisotopic (exact) mass is 323 g/mol. The van der Waals surface area contributed by atoms with Gasteiger partial charge in [0.1, 0.15) is 5.75 Å². The Balaban J connectivity index is 1.89. The number of hydrogen-bond acceptors (Lipinski definition) is 4. The maximum Gasteiger partial charge on any atom is 0.573 e. The molecule has 0 bridgehead atoms. The van der Waals surface area contributed by atoms with Gasteiger partial charge in [-0.1, -0.05) is 12.1 Å². The van der Waals surface area contributed by atoms with Crippen LogP contribution in [0.4, 0.5) is 13.2 Å². The summed E-state index contributed by atoms with van der Waals surface area (Å²) in [6.07, 6.45) is -3.97. The van der Waals surface area contributed by atoms with Crippen LogP contribution in [0.25, 0.3) is 0 Å². The molecule has 0 amide bonds. The summed E-state index contributed by atoms with van der Waals surface area (Å²) >= 11 is 3.79. The maximum absolute atomic E-state index is 12.0. The molecular weight excluding hydrogens is 307 g/mol. The summed E-state index contributed by atoms with van der Waals surface area (Å²) in [6.45, 7) is 0. The first-order chi connectivity index (χ1) is 9.44. The van der Waals surface area contributed by atoms with Crippen LogP contribution >= 0.6 is 23.5 Å². The molecule has 0 aliphatic carbocycles. The molecule has 2 N–H and O–H groups in total. The Bertz CT molecular complexity index is 419. The molecule has 1 heterocycles. The van der Waals surface area contributed by atoms with Crippen molar-refractivity contribution >= 4 is 23.5 Å². The number of ether oxygens (including phenoxy) is 1. The van der Waals surface area contributed by atoms with Crippen molar-refractivity contribution in [2.75, 3.05) is 17.3 Å². The third-order valence-electron chi connectivity index (χ3n) is 2.95. The Morgan fingerprint density at radius 3 is 2.50 bits per heavy atom. The van der Waals surface area contributed by atoms with Crippen LogP contribution in [0, 0.1) is 0 Å². The van der Waals surface area contributed by atoms with Crippen molar-refractivity contribution in [3.05, 3.63) is 29.8 Å². The number of thioether (sulfide) groups is 2. The third kappa shape index (κ3) is 5.10. The average Bonchev–Trinajstić information content (AvgIpc) is 2.40. The molecule has 0 spiro atoms. The molecule has 1 aliphatic rings. The summed E-state index contributed by atoms with van der Waals surface area (Å²) < 4.78 is 40.0. The van der Waals surface area contributed by atoms with E-state index in [-0.39, 0.29) is 11.8 Å². The molecule has 0 saturated carbocycles. The first-order valence-electron chi connectivity index (χ1n) is 6.24. The van der Waals surface area contributed by atoms with Gasteiger partial charge in [-0.2, -0.15) is 23.5 Å². The van der Waals surface area contributed by atoms with Gasteiger partial charge >= 0.3 is 6.36 Å². The highest BCUT2D eigenvalue weighted by molar-refractivity contribution is 8.06. The lowest BCUT2D eigenvalue weighted by molar-refractivity contribution is -0.274. The molecule has 1 aromatic rings. The SMILES string of the molecule is NC(Cc1ccc(OC(F)(F)F)cc1)C1CSCCS1. The molecule has 7 heteroatoms. The molecule has 1 aromatic carbocycles. The first kappa shape index (κ1) is 15.9. The number of rotatable bonds is 4. The van der Waals surface area contributed by atoms with E-state index >= 15 is 0 Å². The highest BCUT2D eigenvalue weighted by atomic mass is 32.2. The Hall–Kier alpha value is -0.530. The van der Waals surface area contributed by atoms with Crippen LogP contribution in [0.5, 0.6) is 5.75 Å². The van der Waals surface area contributed by atoms with Crippen LogP contribution in [0.15, 0.2) is 24.3 Å². The predicted molar refractivity (Wildman–Crippen MR) is 78.4 cm³/mol. The highest BCUT2D eigenvalue weighted by Crippen LogP contribution is 2.28. The minimum atomic E-state index is -4.64. The molecule has 0 aromatic heterocycles. The number of benzene rings is 1. The molecule has 1 fully saturated rings. The Kier molecular flexibility index (Phi) is 5.51. The van der Waals surface area contributed by atoms with Crippen molar-refractivity contribution in [3.8, 4) is 5.75 Å². The van der Waals surface area contributed by atoms with Crippen LogP contribution in [0.3, 0.4) is 0 Å². The summed E-state index contributed by atoms with van der Waals surface area (Å²) in [5.41, 5.74) is 7.11. The van der Waals surface area contributed by atoms with Gasteiger partial charge in [0.2, 0.25) is 0 Å². The second kappa shape index (κ2) is 6.95. The Morgan fingerprint density at radius 2 is 1.95 bits per heavy atom. The Labute approximate surface area is 124 Å². The van der Waals surface area contributed by atoms with E-state index in [0.717, 1.165) is 22.8 Å². The lowest BCUT2D eigenvalue weighted by atomic mass is 10.0. The van der Waals surface area contributed by atoms with Crippen LogP contribution in [-0.2, 0) is 6.42 Å². The smallest absolute Gasteiger partial charge is 0.406 e. The van der Waals surface area contributed by atoms with Gasteiger partial charge in [-0.15, -0.1) is 13.2 Å². The number of nitrogens with two attached hydrogens (primary N) is 1. The fourth-order valence-corrected chi connectivity index (χ4v) is 4.81. The standard InChI is InChI=1S/C13H16F3NOS2/c14-13(15,16)18-10-3-1-9(2-4-10)7-11(17)12-8-19-5-6-20-12/h1-4,11-12H,5-8,17H2. The molecule has 112 valence electrons. The fourth-order valence-electron chi connectivity index (χ4n) is 1.98. The van der Waals surface area contributed by atoms with Crippen LogP contribution in [-0.4, -0.2) is 34.9 Å².